The van der Waals surface area contributed by atoms with Crippen LogP contribution in [0.5, 0.6) is 0 Å². The van der Waals surface area contributed by atoms with Crippen molar-refractivity contribution in [3.63, 3.8) is 0 Å². The van der Waals surface area contributed by atoms with Crippen molar-refractivity contribution in [3.8, 4) is 0 Å². The molecule has 0 aliphatic heterocycles. The molecule has 3 aromatic carbocycles. The molecular weight excluding hydrogens is 321 g/mol. The third-order valence-corrected chi connectivity index (χ3v) is 3.77. The topological polar surface area (TPSA) is 55.4 Å². The Balaban J connectivity index is 1.68. The Kier molecular flexibility index (Phi) is 4.75. The molecule has 126 valence electrons. The quantitative estimate of drug-likeness (QED) is 0.727. The molecule has 0 aromatic heterocycles. The van der Waals surface area contributed by atoms with Crippen LogP contribution in [0, 0.1) is 5.82 Å². The van der Waals surface area contributed by atoms with E-state index in [1.807, 2.05) is 30.3 Å². The zero-order chi connectivity index (χ0) is 17.8. The standard InChI is InChI=1S/C20H16FNO3/c1-13(19(23)22-18-9-5-4-8-17(18)21)25-20(24)16-11-10-14-6-2-3-7-15(14)12-16/h2-13H,1H3,(H,22,23). The maximum absolute atomic E-state index is 13.6. The molecule has 25 heavy (non-hydrogen) atoms. The number of esters is 1. The average Bonchev–Trinajstić information content (AvgIpc) is 2.63. The monoisotopic (exact) mass is 337 g/mol. The van der Waals surface area contributed by atoms with Gasteiger partial charge in [-0.1, -0.05) is 42.5 Å². The van der Waals surface area contributed by atoms with E-state index in [1.54, 1.807) is 18.2 Å². The number of amides is 1. The third-order valence-electron chi connectivity index (χ3n) is 3.77. The summed E-state index contributed by atoms with van der Waals surface area (Å²) in [5.41, 5.74) is 0.394. The fourth-order valence-electron chi connectivity index (χ4n) is 2.40. The molecule has 0 aliphatic rings. The SMILES string of the molecule is CC(OC(=O)c1ccc2ccccc2c1)C(=O)Nc1ccccc1F. The highest BCUT2D eigenvalue weighted by Gasteiger charge is 2.20. The number of carbonyl (C=O) groups excluding carboxylic acids is 2. The summed E-state index contributed by atoms with van der Waals surface area (Å²) in [6, 6.07) is 18.6. The summed E-state index contributed by atoms with van der Waals surface area (Å²) < 4.78 is 18.8. The molecule has 0 heterocycles. The highest BCUT2D eigenvalue weighted by Crippen LogP contribution is 2.17. The molecule has 1 amide bonds. The first-order valence-electron chi connectivity index (χ1n) is 7.80. The van der Waals surface area contributed by atoms with Gasteiger partial charge < -0.3 is 10.1 Å². The van der Waals surface area contributed by atoms with E-state index in [1.165, 1.54) is 25.1 Å². The van der Waals surface area contributed by atoms with E-state index in [4.69, 9.17) is 4.74 Å². The van der Waals surface area contributed by atoms with Gasteiger partial charge in [0.15, 0.2) is 6.10 Å². The van der Waals surface area contributed by atoms with Crippen LogP contribution in [0.3, 0.4) is 0 Å². The molecule has 0 bridgehead atoms. The number of benzene rings is 3. The molecule has 3 rings (SSSR count). The summed E-state index contributed by atoms with van der Waals surface area (Å²) in [5.74, 6) is -1.76. The van der Waals surface area contributed by atoms with Gasteiger partial charge in [-0.05, 0) is 42.0 Å². The van der Waals surface area contributed by atoms with Crippen LogP contribution in [0.15, 0.2) is 66.7 Å². The molecule has 1 atom stereocenters. The van der Waals surface area contributed by atoms with Gasteiger partial charge in [0.1, 0.15) is 5.82 Å². The molecular formula is C20H16FNO3. The van der Waals surface area contributed by atoms with E-state index in [2.05, 4.69) is 5.32 Å². The molecule has 0 fully saturated rings. The molecule has 1 unspecified atom stereocenters. The van der Waals surface area contributed by atoms with Crippen LogP contribution >= 0.6 is 0 Å². The van der Waals surface area contributed by atoms with Crippen molar-refractivity contribution in [2.24, 2.45) is 0 Å². The molecule has 5 heteroatoms. The maximum Gasteiger partial charge on any atom is 0.338 e. The molecule has 0 aliphatic carbocycles. The molecule has 4 nitrogen and oxygen atoms in total. The van der Waals surface area contributed by atoms with E-state index in [0.717, 1.165) is 10.8 Å². The Morgan fingerprint density at radius 1 is 0.960 bits per heavy atom. The van der Waals surface area contributed by atoms with Gasteiger partial charge in [-0.3, -0.25) is 4.79 Å². The predicted molar refractivity (Wildman–Crippen MR) is 93.9 cm³/mol. The zero-order valence-electron chi connectivity index (χ0n) is 13.5. The van der Waals surface area contributed by atoms with Crippen molar-refractivity contribution in [2.45, 2.75) is 13.0 Å². The lowest BCUT2D eigenvalue weighted by Crippen LogP contribution is -2.30. The fourth-order valence-corrected chi connectivity index (χ4v) is 2.40. The summed E-state index contributed by atoms with van der Waals surface area (Å²) in [5, 5.41) is 4.31. The number of carbonyl (C=O) groups is 2. The maximum atomic E-state index is 13.6. The lowest BCUT2D eigenvalue weighted by molar-refractivity contribution is -0.123. The van der Waals surface area contributed by atoms with Gasteiger partial charge in [0.2, 0.25) is 0 Å². The van der Waals surface area contributed by atoms with E-state index >= 15 is 0 Å². The smallest absolute Gasteiger partial charge is 0.338 e. The van der Waals surface area contributed by atoms with Crippen molar-refractivity contribution >= 4 is 28.3 Å². The molecule has 0 saturated heterocycles. The number of fused-ring (bicyclic) bond motifs is 1. The van der Waals surface area contributed by atoms with Crippen LogP contribution < -0.4 is 5.32 Å². The number of hydrogen-bond acceptors (Lipinski definition) is 3. The lowest BCUT2D eigenvalue weighted by Gasteiger charge is -2.14. The summed E-state index contributed by atoms with van der Waals surface area (Å²) in [6.45, 7) is 1.44. The average molecular weight is 337 g/mol. The second-order valence-electron chi connectivity index (χ2n) is 5.58. The van der Waals surface area contributed by atoms with Gasteiger partial charge in [0.25, 0.3) is 5.91 Å². The number of ether oxygens (including phenoxy) is 1. The molecule has 0 radical (unpaired) electrons. The second-order valence-corrected chi connectivity index (χ2v) is 5.58. The molecule has 0 saturated carbocycles. The summed E-state index contributed by atoms with van der Waals surface area (Å²) >= 11 is 0. The minimum Gasteiger partial charge on any atom is -0.449 e. The first-order valence-corrected chi connectivity index (χ1v) is 7.80. The van der Waals surface area contributed by atoms with Gasteiger partial charge in [0, 0.05) is 0 Å². The first kappa shape index (κ1) is 16.6. The largest absolute Gasteiger partial charge is 0.449 e. The summed E-state index contributed by atoms with van der Waals surface area (Å²) in [6.07, 6.45) is -1.06. The van der Waals surface area contributed by atoms with Crippen LogP contribution in [0.25, 0.3) is 10.8 Å². The predicted octanol–water partition coefficient (Wildman–Crippen LogP) is 4.16. The second kappa shape index (κ2) is 7.13. The number of hydrogen-bond donors (Lipinski definition) is 1. The van der Waals surface area contributed by atoms with E-state index < -0.39 is 23.8 Å². The number of halogens is 1. The lowest BCUT2D eigenvalue weighted by atomic mass is 10.1. The van der Waals surface area contributed by atoms with Crippen molar-refractivity contribution in [1.82, 2.24) is 0 Å². The van der Waals surface area contributed by atoms with Crippen molar-refractivity contribution in [3.05, 3.63) is 78.1 Å². The van der Waals surface area contributed by atoms with Crippen LogP contribution in [0.4, 0.5) is 10.1 Å². The molecule has 1 N–H and O–H groups in total. The Hall–Kier alpha value is -3.21. The van der Waals surface area contributed by atoms with Crippen molar-refractivity contribution in [2.75, 3.05) is 5.32 Å². The van der Waals surface area contributed by atoms with Gasteiger partial charge in [-0.2, -0.15) is 0 Å². The number of nitrogens with one attached hydrogen (secondary N) is 1. The van der Waals surface area contributed by atoms with Gasteiger partial charge in [-0.15, -0.1) is 0 Å². The van der Waals surface area contributed by atoms with Crippen LogP contribution in [-0.2, 0) is 9.53 Å². The summed E-state index contributed by atoms with van der Waals surface area (Å²) in [4.78, 5) is 24.3. The zero-order valence-corrected chi connectivity index (χ0v) is 13.5. The van der Waals surface area contributed by atoms with Gasteiger partial charge >= 0.3 is 5.97 Å². The molecule has 0 spiro atoms. The van der Waals surface area contributed by atoms with E-state index in [0.29, 0.717) is 5.56 Å². The first-order chi connectivity index (χ1) is 12.0. The molecule has 3 aromatic rings. The van der Waals surface area contributed by atoms with Gasteiger partial charge in [0.05, 0.1) is 11.3 Å². The van der Waals surface area contributed by atoms with Crippen molar-refractivity contribution in [1.29, 1.82) is 0 Å². The highest BCUT2D eigenvalue weighted by atomic mass is 19.1. The van der Waals surface area contributed by atoms with Crippen LogP contribution in [0.1, 0.15) is 17.3 Å². The normalized spacial score (nSPS) is 11.8. The van der Waals surface area contributed by atoms with Crippen molar-refractivity contribution < 1.29 is 18.7 Å². The van der Waals surface area contributed by atoms with E-state index in [-0.39, 0.29) is 5.69 Å². The minimum atomic E-state index is -1.06. The Labute approximate surface area is 144 Å². The highest BCUT2D eigenvalue weighted by molar-refractivity contribution is 5.99. The van der Waals surface area contributed by atoms with Crippen LogP contribution in [-0.4, -0.2) is 18.0 Å². The fraction of sp³-hybridized carbons (Fsp3) is 0.100. The Bertz CT molecular complexity index is 939. The number of para-hydroxylation sites is 1. The van der Waals surface area contributed by atoms with Crippen LogP contribution in [0.2, 0.25) is 0 Å². The van der Waals surface area contributed by atoms with Gasteiger partial charge in [-0.25, -0.2) is 9.18 Å². The Morgan fingerprint density at radius 3 is 2.40 bits per heavy atom. The summed E-state index contributed by atoms with van der Waals surface area (Å²) in [7, 11) is 0. The Morgan fingerprint density at radius 2 is 1.64 bits per heavy atom. The minimum absolute atomic E-state index is 0.0427. The third kappa shape index (κ3) is 3.83. The number of anilines is 1. The van der Waals surface area contributed by atoms with E-state index in [9.17, 15) is 14.0 Å². The number of rotatable bonds is 4.